The smallest absolute Gasteiger partial charge is 0.219 e. The van der Waals surface area contributed by atoms with Gasteiger partial charge in [0.2, 0.25) is 5.88 Å². The van der Waals surface area contributed by atoms with Gasteiger partial charge in [0, 0.05) is 18.7 Å². The molecule has 0 unspecified atom stereocenters. The van der Waals surface area contributed by atoms with E-state index in [9.17, 15) is 4.39 Å². The molecule has 0 radical (unpaired) electrons. The first kappa shape index (κ1) is 12.8. The van der Waals surface area contributed by atoms with Crippen molar-refractivity contribution in [3.63, 3.8) is 0 Å². The van der Waals surface area contributed by atoms with E-state index in [1.165, 1.54) is 12.1 Å². The van der Waals surface area contributed by atoms with Gasteiger partial charge < -0.3 is 10.1 Å². The number of nitrogens with one attached hydrogen (secondary N) is 1. The molecule has 0 aliphatic carbocycles. The van der Waals surface area contributed by atoms with Gasteiger partial charge >= 0.3 is 0 Å². The van der Waals surface area contributed by atoms with E-state index in [2.05, 4.69) is 10.3 Å². The number of hydrogen-bond donors (Lipinski definition) is 1. The van der Waals surface area contributed by atoms with Gasteiger partial charge in [-0.15, -0.1) is 0 Å². The highest BCUT2D eigenvalue weighted by atomic mass is 35.5. The third-order valence-electron chi connectivity index (χ3n) is 2.26. The molecule has 5 heteroatoms. The Morgan fingerprint density at radius 1 is 1.33 bits per heavy atom. The number of halogens is 2. The highest BCUT2D eigenvalue weighted by molar-refractivity contribution is 6.31. The molecule has 0 saturated carbocycles. The number of nitrogens with zero attached hydrogens (tertiary/aromatic N) is 1. The van der Waals surface area contributed by atoms with Gasteiger partial charge in [0.05, 0.1) is 10.7 Å². The van der Waals surface area contributed by atoms with Crippen LogP contribution in [0.1, 0.15) is 5.69 Å². The standard InChI is InChI=1S/C13H12ClFN2O/c1-16-8-12-11(14)5-6-13(17-12)18-10-4-2-3-9(15)7-10/h2-7,16H,8H2,1H3. The van der Waals surface area contributed by atoms with Crippen LogP contribution < -0.4 is 10.1 Å². The van der Waals surface area contributed by atoms with Crippen LogP contribution in [0.4, 0.5) is 4.39 Å². The first-order valence-electron chi connectivity index (χ1n) is 5.42. The Morgan fingerprint density at radius 2 is 2.17 bits per heavy atom. The molecular formula is C13H12ClFN2O. The van der Waals surface area contributed by atoms with Crippen molar-refractivity contribution >= 4 is 11.6 Å². The van der Waals surface area contributed by atoms with Gasteiger partial charge in [0.1, 0.15) is 11.6 Å². The Labute approximate surface area is 110 Å². The van der Waals surface area contributed by atoms with E-state index in [-0.39, 0.29) is 5.82 Å². The van der Waals surface area contributed by atoms with E-state index in [4.69, 9.17) is 16.3 Å². The first-order valence-corrected chi connectivity index (χ1v) is 5.80. The van der Waals surface area contributed by atoms with Crippen LogP contribution in [0.5, 0.6) is 11.6 Å². The molecule has 1 aromatic heterocycles. The Hall–Kier alpha value is -1.65. The van der Waals surface area contributed by atoms with E-state index in [1.54, 1.807) is 31.3 Å². The monoisotopic (exact) mass is 266 g/mol. The summed E-state index contributed by atoms with van der Waals surface area (Å²) in [4.78, 5) is 4.25. The van der Waals surface area contributed by atoms with Gasteiger partial charge in [-0.1, -0.05) is 17.7 Å². The fourth-order valence-corrected chi connectivity index (χ4v) is 1.64. The Bertz CT molecular complexity index is 548. The maximum atomic E-state index is 13.0. The Balaban J connectivity index is 2.21. The maximum absolute atomic E-state index is 13.0. The third kappa shape index (κ3) is 3.18. The predicted octanol–water partition coefficient (Wildman–Crippen LogP) is 3.39. The fourth-order valence-electron chi connectivity index (χ4n) is 1.46. The zero-order chi connectivity index (χ0) is 13.0. The molecule has 0 spiro atoms. The lowest BCUT2D eigenvalue weighted by atomic mass is 10.3. The molecule has 0 atom stereocenters. The van der Waals surface area contributed by atoms with Crippen molar-refractivity contribution in [2.45, 2.75) is 6.54 Å². The molecular weight excluding hydrogens is 255 g/mol. The molecule has 1 aromatic carbocycles. The van der Waals surface area contributed by atoms with Crippen LogP contribution in [-0.4, -0.2) is 12.0 Å². The minimum Gasteiger partial charge on any atom is -0.439 e. The molecule has 2 rings (SSSR count). The third-order valence-corrected chi connectivity index (χ3v) is 2.60. The normalized spacial score (nSPS) is 10.4. The van der Waals surface area contributed by atoms with Crippen LogP contribution in [0.3, 0.4) is 0 Å². The highest BCUT2D eigenvalue weighted by Crippen LogP contribution is 2.23. The van der Waals surface area contributed by atoms with Gasteiger partial charge in [-0.25, -0.2) is 9.37 Å². The van der Waals surface area contributed by atoms with Gasteiger partial charge in [-0.2, -0.15) is 0 Å². The second kappa shape index (κ2) is 5.80. The summed E-state index contributed by atoms with van der Waals surface area (Å²) in [7, 11) is 1.80. The van der Waals surface area contributed by atoms with Crippen molar-refractivity contribution in [2.75, 3.05) is 7.05 Å². The topological polar surface area (TPSA) is 34.2 Å². The Kier molecular flexibility index (Phi) is 4.12. The molecule has 0 bridgehead atoms. The summed E-state index contributed by atoms with van der Waals surface area (Å²) < 4.78 is 18.5. The summed E-state index contributed by atoms with van der Waals surface area (Å²) in [5.74, 6) is 0.437. The van der Waals surface area contributed by atoms with E-state index < -0.39 is 0 Å². The molecule has 3 nitrogen and oxygen atoms in total. The largest absolute Gasteiger partial charge is 0.439 e. The molecule has 0 aliphatic rings. The summed E-state index contributed by atoms with van der Waals surface area (Å²) in [5.41, 5.74) is 0.688. The molecule has 0 amide bonds. The van der Waals surface area contributed by atoms with Crippen molar-refractivity contribution in [3.8, 4) is 11.6 Å². The van der Waals surface area contributed by atoms with Crippen molar-refractivity contribution in [3.05, 3.63) is 52.9 Å². The molecule has 0 fully saturated rings. The van der Waals surface area contributed by atoms with Crippen LogP contribution in [0.15, 0.2) is 36.4 Å². The van der Waals surface area contributed by atoms with Crippen LogP contribution >= 0.6 is 11.6 Å². The minimum absolute atomic E-state index is 0.350. The van der Waals surface area contributed by atoms with E-state index in [0.29, 0.717) is 28.9 Å². The quantitative estimate of drug-likeness (QED) is 0.921. The number of ether oxygens (including phenoxy) is 1. The molecule has 0 saturated heterocycles. The predicted molar refractivity (Wildman–Crippen MR) is 68.5 cm³/mol. The highest BCUT2D eigenvalue weighted by Gasteiger charge is 2.05. The van der Waals surface area contributed by atoms with Crippen molar-refractivity contribution in [1.29, 1.82) is 0 Å². The lowest BCUT2D eigenvalue weighted by Gasteiger charge is -2.08. The lowest BCUT2D eigenvalue weighted by Crippen LogP contribution is -2.07. The van der Waals surface area contributed by atoms with Crippen LogP contribution in [0.2, 0.25) is 5.02 Å². The summed E-state index contributed by atoms with van der Waals surface area (Å²) in [6.07, 6.45) is 0. The lowest BCUT2D eigenvalue weighted by molar-refractivity contribution is 0.455. The van der Waals surface area contributed by atoms with E-state index >= 15 is 0 Å². The van der Waals surface area contributed by atoms with E-state index in [0.717, 1.165) is 0 Å². The van der Waals surface area contributed by atoms with Gasteiger partial charge in [0.15, 0.2) is 0 Å². The number of hydrogen-bond acceptors (Lipinski definition) is 3. The second-order valence-corrected chi connectivity index (χ2v) is 4.07. The Morgan fingerprint density at radius 3 is 2.89 bits per heavy atom. The molecule has 18 heavy (non-hydrogen) atoms. The van der Waals surface area contributed by atoms with Crippen LogP contribution in [0.25, 0.3) is 0 Å². The van der Waals surface area contributed by atoms with E-state index in [1.807, 2.05) is 0 Å². The number of pyridine rings is 1. The molecule has 1 heterocycles. The van der Waals surface area contributed by atoms with Crippen molar-refractivity contribution < 1.29 is 9.13 Å². The average Bonchev–Trinajstić information content (AvgIpc) is 2.34. The average molecular weight is 267 g/mol. The second-order valence-electron chi connectivity index (χ2n) is 3.67. The zero-order valence-corrected chi connectivity index (χ0v) is 10.5. The van der Waals surface area contributed by atoms with Gasteiger partial charge in [-0.05, 0) is 25.2 Å². The van der Waals surface area contributed by atoms with Crippen LogP contribution in [0, 0.1) is 5.82 Å². The summed E-state index contributed by atoms with van der Waals surface area (Å²) >= 11 is 5.99. The molecule has 1 N–H and O–H groups in total. The maximum Gasteiger partial charge on any atom is 0.219 e. The summed E-state index contributed by atoms with van der Waals surface area (Å²) in [6.45, 7) is 0.541. The first-order chi connectivity index (χ1) is 8.69. The minimum atomic E-state index is -0.350. The van der Waals surface area contributed by atoms with Crippen LogP contribution in [-0.2, 0) is 6.54 Å². The number of benzene rings is 1. The molecule has 94 valence electrons. The number of rotatable bonds is 4. The van der Waals surface area contributed by atoms with Gasteiger partial charge in [-0.3, -0.25) is 0 Å². The molecule has 0 aliphatic heterocycles. The zero-order valence-electron chi connectivity index (χ0n) is 9.78. The summed E-state index contributed by atoms with van der Waals surface area (Å²) in [6, 6.07) is 9.25. The van der Waals surface area contributed by atoms with Gasteiger partial charge in [0.25, 0.3) is 0 Å². The van der Waals surface area contributed by atoms with Crippen molar-refractivity contribution in [1.82, 2.24) is 10.3 Å². The number of aromatic nitrogens is 1. The molecule has 2 aromatic rings. The van der Waals surface area contributed by atoms with Crippen molar-refractivity contribution in [2.24, 2.45) is 0 Å². The SMILES string of the molecule is CNCc1nc(Oc2cccc(F)c2)ccc1Cl. The summed E-state index contributed by atoms with van der Waals surface area (Å²) in [5, 5.41) is 3.53. The fraction of sp³-hybridized carbons (Fsp3) is 0.154.